The van der Waals surface area contributed by atoms with Gasteiger partial charge in [-0.15, -0.1) is 24.0 Å². The molecular formula is C13H22ClIN4. The van der Waals surface area contributed by atoms with Crippen molar-refractivity contribution in [1.82, 2.24) is 14.8 Å². The summed E-state index contributed by atoms with van der Waals surface area (Å²) < 4.78 is 2.05. The standard InChI is InChI=1S/C13H21ClN4.HI/c1-15-13(16-7-10-4-5-10)18(3)9-12-6-11(14)8-17(12)2;/h6,8,10H,4-5,7,9H2,1-3H3,(H,15,16);1H. The second-order valence-electron chi connectivity index (χ2n) is 4.99. The second kappa shape index (κ2) is 7.38. The topological polar surface area (TPSA) is 32.6 Å². The summed E-state index contributed by atoms with van der Waals surface area (Å²) in [4.78, 5) is 6.43. The van der Waals surface area contributed by atoms with Crippen molar-refractivity contribution < 1.29 is 0 Å². The monoisotopic (exact) mass is 396 g/mol. The van der Waals surface area contributed by atoms with Crippen molar-refractivity contribution in [3.8, 4) is 0 Å². The average Bonchev–Trinajstić information content (AvgIpc) is 3.07. The highest BCUT2D eigenvalue weighted by Gasteiger charge is 2.21. The van der Waals surface area contributed by atoms with Crippen LogP contribution in [0.15, 0.2) is 17.3 Å². The Hall–Kier alpha value is -0.430. The number of halogens is 2. The van der Waals surface area contributed by atoms with Crippen LogP contribution in [-0.4, -0.2) is 36.1 Å². The molecule has 1 aromatic heterocycles. The molecule has 19 heavy (non-hydrogen) atoms. The molecule has 0 atom stereocenters. The normalized spacial score (nSPS) is 15.1. The van der Waals surface area contributed by atoms with Gasteiger partial charge >= 0.3 is 0 Å². The van der Waals surface area contributed by atoms with Gasteiger partial charge in [0.2, 0.25) is 0 Å². The van der Waals surface area contributed by atoms with E-state index in [0.29, 0.717) is 0 Å². The van der Waals surface area contributed by atoms with Gasteiger partial charge in [0.1, 0.15) is 0 Å². The summed E-state index contributed by atoms with van der Waals surface area (Å²) in [5, 5.41) is 4.19. The fraction of sp³-hybridized carbons (Fsp3) is 0.615. The summed E-state index contributed by atoms with van der Waals surface area (Å²) in [6.07, 6.45) is 4.62. The Balaban J connectivity index is 0.00000180. The number of guanidine groups is 1. The molecule has 0 aliphatic heterocycles. The van der Waals surface area contributed by atoms with Crippen LogP contribution in [0.25, 0.3) is 0 Å². The first-order valence-electron chi connectivity index (χ1n) is 6.32. The van der Waals surface area contributed by atoms with Crippen molar-refractivity contribution >= 4 is 41.5 Å². The lowest BCUT2D eigenvalue weighted by Crippen LogP contribution is -2.39. The number of hydrogen-bond donors (Lipinski definition) is 1. The molecule has 0 bridgehead atoms. The van der Waals surface area contributed by atoms with Crippen molar-refractivity contribution in [1.29, 1.82) is 0 Å². The van der Waals surface area contributed by atoms with Gasteiger partial charge in [-0.2, -0.15) is 0 Å². The summed E-state index contributed by atoms with van der Waals surface area (Å²) in [5.41, 5.74) is 1.18. The van der Waals surface area contributed by atoms with Crippen molar-refractivity contribution in [2.24, 2.45) is 18.0 Å². The van der Waals surface area contributed by atoms with Crippen LogP contribution in [0, 0.1) is 5.92 Å². The zero-order chi connectivity index (χ0) is 13.1. The van der Waals surface area contributed by atoms with E-state index in [9.17, 15) is 0 Å². The van der Waals surface area contributed by atoms with E-state index in [1.165, 1.54) is 18.5 Å². The van der Waals surface area contributed by atoms with Crippen LogP contribution in [0.2, 0.25) is 5.02 Å². The molecule has 0 unspecified atom stereocenters. The predicted molar refractivity (Wildman–Crippen MR) is 91.4 cm³/mol. The van der Waals surface area contributed by atoms with Crippen LogP contribution < -0.4 is 5.32 Å². The molecule has 1 saturated carbocycles. The Morgan fingerprint density at radius 2 is 2.26 bits per heavy atom. The summed E-state index contributed by atoms with van der Waals surface area (Å²) in [5.74, 6) is 1.79. The number of rotatable bonds is 4. The molecule has 1 aromatic rings. The third-order valence-electron chi connectivity index (χ3n) is 3.29. The van der Waals surface area contributed by atoms with Gasteiger partial charge in [-0.25, -0.2) is 0 Å². The molecule has 1 fully saturated rings. The largest absolute Gasteiger partial charge is 0.356 e. The average molecular weight is 397 g/mol. The molecule has 4 nitrogen and oxygen atoms in total. The number of hydrogen-bond acceptors (Lipinski definition) is 1. The van der Waals surface area contributed by atoms with Crippen LogP contribution >= 0.6 is 35.6 Å². The summed E-state index contributed by atoms with van der Waals surface area (Å²) >= 11 is 5.99. The number of aryl methyl sites for hydroxylation is 1. The molecule has 6 heteroatoms. The van der Waals surface area contributed by atoms with Gasteiger partial charge in [0.15, 0.2) is 5.96 Å². The van der Waals surface area contributed by atoms with E-state index in [4.69, 9.17) is 11.6 Å². The lowest BCUT2D eigenvalue weighted by Gasteiger charge is -2.22. The lowest BCUT2D eigenvalue weighted by atomic mass is 10.4. The van der Waals surface area contributed by atoms with Crippen molar-refractivity contribution in [2.45, 2.75) is 19.4 Å². The van der Waals surface area contributed by atoms with Crippen LogP contribution in [0.1, 0.15) is 18.5 Å². The molecule has 108 valence electrons. The first kappa shape index (κ1) is 16.6. The van der Waals surface area contributed by atoms with Gasteiger partial charge < -0.3 is 14.8 Å². The molecular weight excluding hydrogens is 375 g/mol. The third-order valence-corrected chi connectivity index (χ3v) is 3.50. The van der Waals surface area contributed by atoms with E-state index >= 15 is 0 Å². The summed E-state index contributed by atoms with van der Waals surface area (Å²) in [6, 6.07) is 1.99. The number of nitrogens with zero attached hydrogens (tertiary/aromatic N) is 3. The maximum atomic E-state index is 5.99. The van der Waals surface area contributed by atoms with Crippen molar-refractivity contribution in [3.05, 3.63) is 23.0 Å². The van der Waals surface area contributed by atoms with Crippen molar-refractivity contribution in [3.63, 3.8) is 0 Å². The smallest absolute Gasteiger partial charge is 0.193 e. The van der Waals surface area contributed by atoms with Gasteiger partial charge in [-0.1, -0.05) is 11.6 Å². The SMILES string of the molecule is CN=C(NCC1CC1)N(C)Cc1cc(Cl)cn1C.I. The Labute approximate surface area is 137 Å². The van der Waals surface area contributed by atoms with Gasteiger partial charge in [-0.3, -0.25) is 4.99 Å². The molecule has 0 saturated heterocycles. The molecule has 1 heterocycles. The Morgan fingerprint density at radius 1 is 1.58 bits per heavy atom. The first-order chi connectivity index (χ1) is 8.60. The molecule has 0 aromatic carbocycles. The van der Waals surface area contributed by atoms with E-state index in [2.05, 4.69) is 15.2 Å². The lowest BCUT2D eigenvalue weighted by molar-refractivity contribution is 0.460. The summed E-state index contributed by atoms with van der Waals surface area (Å²) in [6.45, 7) is 1.83. The number of nitrogens with one attached hydrogen (secondary N) is 1. The molecule has 1 aliphatic rings. The van der Waals surface area contributed by atoms with Crippen LogP contribution in [0.4, 0.5) is 0 Å². The highest BCUT2D eigenvalue weighted by molar-refractivity contribution is 14.0. The van der Waals surface area contributed by atoms with Gasteiger partial charge in [0.05, 0.1) is 11.6 Å². The third kappa shape index (κ3) is 4.87. The van der Waals surface area contributed by atoms with E-state index in [1.54, 1.807) is 0 Å². The minimum absolute atomic E-state index is 0. The van der Waals surface area contributed by atoms with E-state index in [0.717, 1.165) is 30.0 Å². The molecule has 2 rings (SSSR count). The maximum Gasteiger partial charge on any atom is 0.193 e. The zero-order valence-corrected chi connectivity index (χ0v) is 14.8. The minimum atomic E-state index is 0. The van der Waals surface area contributed by atoms with Crippen molar-refractivity contribution in [2.75, 3.05) is 20.6 Å². The Morgan fingerprint density at radius 3 is 2.74 bits per heavy atom. The van der Waals surface area contributed by atoms with E-state index < -0.39 is 0 Å². The van der Waals surface area contributed by atoms with E-state index in [-0.39, 0.29) is 24.0 Å². The van der Waals surface area contributed by atoms with Gasteiger partial charge in [-0.05, 0) is 24.8 Å². The number of aromatic nitrogens is 1. The van der Waals surface area contributed by atoms with E-state index in [1.807, 2.05) is 38.0 Å². The highest BCUT2D eigenvalue weighted by Crippen LogP contribution is 2.27. The first-order valence-corrected chi connectivity index (χ1v) is 6.70. The minimum Gasteiger partial charge on any atom is -0.356 e. The second-order valence-corrected chi connectivity index (χ2v) is 5.42. The number of aliphatic imine (C=N–C) groups is 1. The molecule has 0 spiro atoms. The fourth-order valence-electron chi connectivity index (χ4n) is 1.98. The molecule has 1 N–H and O–H groups in total. The fourth-order valence-corrected chi connectivity index (χ4v) is 2.26. The van der Waals surface area contributed by atoms with Crippen LogP contribution in [0.5, 0.6) is 0 Å². The van der Waals surface area contributed by atoms with Gasteiger partial charge in [0, 0.05) is 39.6 Å². The summed E-state index contributed by atoms with van der Waals surface area (Å²) in [7, 11) is 5.88. The maximum absolute atomic E-state index is 5.99. The predicted octanol–water partition coefficient (Wildman–Crippen LogP) is 2.71. The molecule has 1 aliphatic carbocycles. The van der Waals surface area contributed by atoms with Crippen LogP contribution in [0.3, 0.4) is 0 Å². The Bertz CT molecular complexity index is 440. The Kier molecular flexibility index (Phi) is 6.46. The molecule has 0 radical (unpaired) electrons. The van der Waals surface area contributed by atoms with Gasteiger partial charge in [0.25, 0.3) is 0 Å². The molecule has 0 amide bonds. The van der Waals surface area contributed by atoms with Crippen LogP contribution in [-0.2, 0) is 13.6 Å². The highest BCUT2D eigenvalue weighted by atomic mass is 127. The quantitative estimate of drug-likeness (QED) is 0.482. The zero-order valence-electron chi connectivity index (χ0n) is 11.7.